The summed E-state index contributed by atoms with van der Waals surface area (Å²) < 4.78 is 43.5. The molecule has 0 bridgehead atoms. The van der Waals surface area contributed by atoms with Crippen LogP contribution in [0.1, 0.15) is 16.8 Å². The maximum atomic E-state index is 12.8. The van der Waals surface area contributed by atoms with Gasteiger partial charge in [0.25, 0.3) is 0 Å². The fourth-order valence-corrected chi connectivity index (χ4v) is 1.95. The van der Waals surface area contributed by atoms with Crippen LogP contribution in [-0.2, 0) is 19.3 Å². The predicted molar refractivity (Wildman–Crippen MR) is 72.8 cm³/mol. The molecule has 1 N–H and O–H groups in total. The minimum Gasteiger partial charge on any atom is -0.481 e. The van der Waals surface area contributed by atoms with Crippen molar-refractivity contribution in [1.82, 2.24) is 10.3 Å². The summed E-state index contributed by atoms with van der Waals surface area (Å²) in [5.41, 5.74) is 0.308. The Morgan fingerprint density at radius 2 is 1.81 bits per heavy atom. The Morgan fingerprint density at radius 1 is 1.05 bits per heavy atom. The number of ether oxygens (including phenoxy) is 1. The molecule has 0 amide bonds. The molecule has 0 fully saturated rings. The Labute approximate surface area is 120 Å². The largest absolute Gasteiger partial charge is 0.481 e. The summed E-state index contributed by atoms with van der Waals surface area (Å²) in [6.45, 7) is 0.484. The Hall–Kier alpha value is -2.08. The van der Waals surface area contributed by atoms with Gasteiger partial charge in [-0.3, -0.25) is 0 Å². The summed E-state index contributed by atoms with van der Waals surface area (Å²) in [6, 6.07) is 10.8. The normalized spacial score (nSPS) is 11.4. The van der Waals surface area contributed by atoms with E-state index in [0.29, 0.717) is 18.1 Å². The summed E-state index contributed by atoms with van der Waals surface area (Å²) in [5.74, 6) is 0.477. The van der Waals surface area contributed by atoms with E-state index in [2.05, 4.69) is 10.3 Å². The van der Waals surface area contributed by atoms with E-state index >= 15 is 0 Å². The number of rotatable bonds is 5. The minimum atomic E-state index is -4.34. The highest BCUT2D eigenvalue weighted by Crippen LogP contribution is 2.31. The van der Waals surface area contributed by atoms with Gasteiger partial charge in [-0.05, 0) is 17.7 Å². The Bertz CT molecular complexity index is 599. The van der Waals surface area contributed by atoms with Gasteiger partial charge in [-0.15, -0.1) is 0 Å². The molecule has 1 aromatic carbocycles. The van der Waals surface area contributed by atoms with E-state index in [1.165, 1.54) is 19.2 Å². The molecule has 2 rings (SSSR count). The molecule has 1 aromatic heterocycles. The molecule has 0 aliphatic rings. The van der Waals surface area contributed by atoms with Gasteiger partial charge in [-0.2, -0.15) is 13.2 Å². The van der Waals surface area contributed by atoms with Crippen molar-refractivity contribution < 1.29 is 17.9 Å². The molecule has 0 saturated carbocycles. The van der Waals surface area contributed by atoms with E-state index < -0.39 is 11.7 Å². The molecule has 21 heavy (non-hydrogen) atoms. The van der Waals surface area contributed by atoms with E-state index in [9.17, 15) is 13.2 Å². The van der Waals surface area contributed by atoms with Crippen LogP contribution < -0.4 is 10.1 Å². The van der Waals surface area contributed by atoms with Crippen molar-refractivity contribution in [2.24, 2.45) is 0 Å². The van der Waals surface area contributed by atoms with Crippen LogP contribution >= 0.6 is 0 Å². The highest BCUT2D eigenvalue weighted by molar-refractivity contribution is 5.29. The van der Waals surface area contributed by atoms with Crippen molar-refractivity contribution in [3.8, 4) is 5.88 Å². The molecule has 1 heterocycles. The first kappa shape index (κ1) is 15.3. The van der Waals surface area contributed by atoms with Crippen LogP contribution in [0.3, 0.4) is 0 Å². The quantitative estimate of drug-likeness (QED) is 0.918. The molecule has 112 valence electrons. The third-order valence-electron chi connectivity index (χ3n) is 2.93. The number of halogens is 3. The summed E-state index contributed by atoms with van der Waals surface area (Å²) in [6.07, 6.45) is -4.34. The molecule has 2 aromatic rings. The third kappa shape index (κ3) is 4.19. The molecule has 3 nitrogen and oxygen atoms in total. The highest BCUT2D eigenvalue weighted by Gasteiger charge is 2.32. The van der Waals surface area contributed by atoms with Crippen LogP contribution in [0.2, 0.25) is 0 Å². The van der Waals surface area contributed by atoms with E-state index in [4.69, 9.17) is 4.74 Å². The van der Waals surface area contributed by atoms with Gasteiger partial charge < -0.3 is 10.1 Å². The molecule has 0 radical (unpaired) electrons. The Morgan fingerprint density at radius 3 is 2.52 bits per heavy atom. The van der Waals surface area contributed by atoms with Crippen LogP contribution in [0.4, 0.5) is 13.2 Å². The SMILES string of the molecule is COc1cccc(CNCc2ccccc2C(F)(F)F)n1. The second-order valence-corrected chi connectivity index (χ2v) is 4.43. The third-order valence-corrected chi connectivity index (χ3v) is 2.93. The lowest BCUT2D eigenvalue weighted by molar-refractivity contribution is -0.138. The lowest BCUT2D eigenvalue weighted by Crippen LogP contribution is -2.17. The average molecular weight is 296 g/mol. The van der Waals surface area contributed by atoms with Crippen molar-refractivity contribution in [3.63, 3.8) is 0 Å². The minimum absolute atomic E-state index is 0.120. The van der Waals surface area contributed by atoms with Crippen molar-refractivity contribution >= 4 is 0 Å². The molecule has 6 heteroatoms. The zero-order chi connectivity index (χ0) is 15.3. The first-order valence-electron chi connectivity index (χ1n) is 6.36. The van der Waals surface area contributed by atoms with Crippen LogP contribution in [0.15, 0.2) is 42.5 Å². The number of aromatic nitrogens is 1. The molecule has 0 spiro atoms. The van der Waals surface area contributed by atoms with Crippen LogP contribution in [-0.4, -0.2) is 12.1 Å². The average Bonchev–Trinajstić information content (AvgIpc) is 2.47. The number of nitrogens with zero attached hydrogens (tertiary/aromatic N) is 1. The van der Waals surface area contributed by atoms with Gasteiger partial charge in [0, 0.05) is 19.2 Å². The summed E-state index contributed by atoms with van der Waals surface area (Å²) in [7, 11) is 1.51. The standard InChI is InChI=1S/C15H15F3N2O/c1-21-14-8-4-6-12(20-14)10-19-9-11-5-2-3-7-13(11)15(16,17)18/h2-8,19H,9-10H2,1H3. The number of alkyl halides is 3. The Kier molecular flexibility index (Phi) is 4.80. The molecule has 0 unspecified atom stereocenters. The van der Waals surface area contributed by atoms with Crippen molar-refractivity contribution in [2.75, 3.05) is 7.11 Å². The van der Waals surface area contributed by atoms with E-state index in [0.717, 1.165) is 6.07 Å². The molecule has 0 atom stereocenters. The molecular weight excluding hydrogens is 281 g/mol. The lowest BCUT2D eigenvalue weighted by Gasteiger charge is -2.13. The van der Waals surface area contributed by atoms with Gasteiger partial charge in [-0.25, -0.2) is 4.98 Å². The molecule has 0 aliphatic carbocycles. The summed E-state index contributed by atoms with van der Waals surface area (Å²) in [5, 5.41) is 2.96. The van der Waals surface area contributed by atoms with Gasteiger partial charge in [0.2, 0.25) is 5.88 Å². The highest BCUT2D eigenvalue weighted by atomic mass is 19.4. The maximum Gasteiger partial charge on any atom is 0.416 e. The van der Waals surface area contributed by atoms with Gasteiger partial charge in [0.15, 0.2) is 0 Å². The first-order chi connectivity index (χ1) is 10.0. The van der Waals surface area contributed by atoms with Crippen molar-refractivity contribution in [1.29, 1.82) is 0 Å². The van der Waals surface area contributed by atoms with Crippen LogP contribution in [0, 0.1) is 0 Å². The summed E-state index contributed by atoms with van der Waals surface area (Å²) >= 11 is 0. The lowest BCUT2D eigenvalue weighted by atomic mass is 10.1. The Balaban J connectivity index is 2.01. The van der Waals surface area contributed by atoms with Gasteiger partial charge in [-0.1, -0.05) is 24.3 Å². The molecule has 0 saturated heterocycles. The van der Waals surface area contributed by atoms with Crippen molar-refractivity contribution in [2.45, 2.75) is 19.3 Å². The van der Waals surface area contributed by atoms with E-state index in [-0.39, 0.29) is 12.1 Å². The van der Waals surface area contributed by atoms with Crippen LogP contribution in [0.25, 0.3) is 0 Å². The van der Waals surface area contributed by atoms with Crippen molar-refractivity contribution in [3.05, 3.63) is 59.3 Å². The predicted octanol–water partition coefficient (Wildman–Crippen LogP) is 3.40. The fourth-order valence-electron chi connectivity index (χ4n) is 1.95. The van der Waals surface area contributed by atoms with Crippen LogP contribution in [0.5, 0.6) is 5.88 Å². The second-order valence-electron chi connectivity index (χ2n) is 4.43. The molecule has 0 aliphatic heterocycles. The van der Waals surface area contributed by atoms with Gasteiger partial charge in [0.05, 0.1) is 18.4 Å². The topological polar surface area (TPSA) is 34.1 Å². The van der Waals surface area contributed by atoms with E-state index in [1.807, 2.05) is 0 Å². The number of nitrogens with one attached hydrogen (secondary N) is 1. The number of hydrogen-bond donors (Lipinski definition) is 1. The first-order valence-corrected chi connectivity index (χ1v) is 6.36. The fraction of sp³-hybridized carbons (Fsp3) is 0.267. The molecular formula is C15H15F3N2O. The maximum absolute atomic E-state index is 12.8. The zero-order valence-electron chi connectivity index (χ0n) is 11.4. The smallest absolute Gasteiger partial charge is 0.416 e. The van der Waals surface area contributed by atoms with E-state index in [1.54, 1.807) is 24.3 Å². The zero-order valence-corrected chi connectivity index (χ0v) is 11.4. The summed E-state index contributed by atoms with van der Waals surface area (Å²) in [4.78, 5) is 4.19. The van der Waals surface area contributed by atoms with Gasteiger partial charge >= 0.3 is 6.18 Å². The number of pyridine rings is 1. The van der Waals surface area contributed by atoms with Gasteiger partial charge in [0.1, 0.15) is 0 Å². The second kappa shape index (κ2) is 6.58. The number of methoxy groups -OCH3 is 1. The number of hydrogen-bond acceptors (Lipinski definition) is 3. The monoisotopic (exact) mass is 296 g/mol. The number of benzene rings is 1.